The summed E-state index contributed by atoms with van der Waals surface area (Å²) in [5.74, 6) is -0.0977. The first kappa shape index (κ1) is 23.1. The summed E-state index contributed by atoms with van der Waals surface area (Å²) in [5, 5.41) is 12.8. The Morgan fingerprint density at radius 2 is 2.12 bits per heavy atom. The van der Waals surface area contributed by atoms with Crippen LogP contribution in [0, 0.1) is 18.3 Å². The van der Waals surface area contributed by atoms with Crippen LogP contribution < -0.4 is 15.6 Å². The van der Waals surface area contributed by atoms with E-state index in [-0.39, 0.29) is 34.3 Å². The van der Waals surface area contributed by atoms with Gasteiger partial charge in [0.2, 0.25) is 5.88 Å². The Hall–Kier alpha value is -4.06. The van der Waals surface area contributed by atoms with Crippen molar-refractivity contribution in [2.24, 2.45) is 0 Å². The molecule has 0 spiro atoms. The molecule has 0 atom stereocenters. The molecule has 0 saturated carbocycles. The van der Waals surface area contributed by atoms with Gasteiger partial charge in [-0.2, -0.15) is 10.2 Å². The van der Waals surface area contributed by atoms with E-state index in [1.807, 2.05) is 6.07 Å². The minimum Gasteiger partial charge on any atom is -0.467 e. The summed E-state index contributed by atoms with van der Waals surface area (Å²) in [5.41, 5.74) is 0.133. The molecule has 0 bridgehead atoms. The number of hydrogen-bond donors (Lipinski definition) is 1. The van der Waals surface area contributed by atoms with Crippen LogP contribution in [0.4, 0.5) is 0 Å². The quantitative estimate of drug-likeness (QED) is 0.301. The van der Waals surface area contributed by atoms with E-state index >= 15 is 0 Å². The number of furan rings is 1. The lowest BCUT2D eigenvalue weighted by Gasteiger charge is -2.12. The lowest BCUT2D eigenvalue weighted by Crippen LogP contribution is -2.25. The second-order valence-electron chi connectivity index (χ2n) is 7.13. The number of halogens is 2. The van der Waals surface area contributed by atoms with Crippen LogP contribution in [-0.2, 0) is 11.3 Å². The third kappa shape index (κ3) is 4.81. The predicted octanol–water partition coefficient (Wildman–Crippen LogP) is 4.92. The third-order valence-electron chi connectivity index (χ3n) is 4.81. The molecule has 8 nitrogen and oxygen atoms in total. The fraction of sp³-hybridized carbons (Fsp3) is 0.0833. The summed E-state index contributed by atoms with van der Waals surface area (Å²) in [7, 11) is 0. The Balaban J connectivity index is 1.81. The van der Waals surface area contributed by atoms with Crippen LogP contribution in [-0.4, -0.2) is 15.3 Å². The highest BCUT2D eigenvalue weighted by Crippen LogP contribution is 2.32. The highest BCUT2D eigenvalue weighted by atomic mass is 35.5. The first-order chi connectivity index (χ1) is 16.4. The second-order valence-corrected chi connectivity index (χ2v) is 7.97. The summed E-state index contributed by atoms with van der Waals surface area (Å²) < 4.78 is 12.4. The van der Waals surface area contributed by atoms with E-state index in [2.05, 4.69) is 10.3 Å². The van der Waals surface area contributed by atoms with Crippen LogP contribution in [0.2, 0.25) is 10.0 Å². The SMILES string of the molecule is Cc1cccn2c(=O)c(C=C(C#N)C(=O)NCc3ccco3)c(Oc3ccc(Cl)cc3Cl)nc12. The number of pyridine rings is 1. The van der Waals surface area contributed by atoms with Crippen molar-refractivity contribution in [3.63, 3.8) is 0 Å². The molecule has 34 heavy (non-hydrogen) atoms. The molecule has 4 rings (SSSR count). The van der Waals surface area contributed by atoms with Crippen molar-refractivity contribution in [2.45, 2.75) is 13.5 Å². The summed E-state index contributed by atoms with van der Waals surface area (Å²) >= 11 is 12.2. The third-order valence-corrected chi connectivity index (χ3v) is 5.34. The zero-order chi connectivity index (χ0) is 24.2. The van der Waals surface area contributed by atoms with Gasteiger partial charge in [-0.05, 0) is 55.0 Å². The lowest BCUT2D eigenvalue weighted by molar-refractivity contribution is -0.117. The molecule has 170 valence electrons. The first-order valence-electron chi connectivity index (χ1n) is 9.94. The number of benzene rings is 1. The number of hydrogen-bond acceptors (Lipinski definition) is 6. The summed E-state index contributed by atoms with van der Waals surface area (Å²) in [6.45, 7) is 1.86. The van der Waals surface area contributed by atoms with Gasteiger partial charge >= 0.3 is 0 Å². The Kier molecular flexibility index (Phi) is 6.68. The molecule has 4 aromatic rings. The van der Waals surface area contributed by atoms with Crippen molar-refractivity contribution < 1.29 is 13.9 Å². The number of carbonyl (C=O) groups is 1. The molecule has 3 aromatic heterocycles. The molecule has 0 fully saturated rings. The lowest BCUT2D eigenvalue weighted by atomic mass is 10.1. The zero-order valence-electron chi connectivity index (χ0n) is 17.7. The number of aryl methyl sites for hydroxylation is 1. The highest BCUT2D eigenvalue weighted by molar-refractivity contribution is 6.35. The monoisotopic (exact) mass is 494 g/mol. The van der Waals surface area contributed by atoms with E-state index < -0.39 is 11.5 Å². The standard InChI is InChI=1S/C24H16Cl2N4O4/c1-14-4-2-8-30-21(14)29-23(34-20-7-6-16(25)11-19(20)26)18(24(30)32)10-15(12-27)22(31)28-13-17-5-3-9-33-17/h2-11H,13H2,1H3,(H,28,31). The van der Waals surface area contributed by atoms with Crippen molar-refractivity contribution in [2.75, 3.05) is 0 Å². The number of carbonyl (C=O) groups excluding carboxylic acids is 1. The van der Waals surface area contributed by atoms with Crippen LogP contribution in [0.3, 0.4) is 0 Å². The van der Waals surface area contributed by atoms with Crippen molar-refractivity contribution in [3.05, 3.63) is 97.8 Å². The minimum absolute atomic E-state index is 0.0722. The predicted molar refractivity (Wildman–Crippen MR) is 127 cm³/mol. The molecule has 0 aliphatic heterocycles. The van der Waals surface area contributed by atoms with Gasteiger partial charge in [0.05, 0.1) is 17.8 Å². The van der Waals surface area contributed by atoms with Gasteiger partial charge in [0.15, 0.2) is 0 Å². The van der Waals surface area contributed by atoms with Crippen LogP contribution >= 0.6 is 23.2 Å². The van der Waals surface area contributed by atoms with Crippen LogP contribution in [0.25, 0.3) is 11.7 Å². The molecular weight excluding hydrogens is 479 g/mol. The number of amides is 1. The number of nitriles is 1. The van der Waals surface area contributed by atoms with Gasteiger partial charge in [-0.1, -0.05) is 29.3 Å². The van der Waals surface area contributed by atoms with Crippen molar-refractivity contribution in [1.29, 1.82) is 5.26 Å². The van der Waals surface area contributed by atoms with Gasteiger partial charge in [0, 0.05) is 11.2 Å². The van der Waals surface area contributed by atoms with Gasteiger partial charge in [-0.3, -0.25) is 14.0 Å². The number of rotatable bonds is 6. The average molecular weight is 495 g/mol. The van der Waals surface area contributed by atoms with Crippen molar-refractivity contribution >= 4 is 40.8 Å². The van der Waals surface area contributed by atoms with E-state index in [0.29, 0.717) is 16.4 Å². The summed E-state index contributed by atoms with van der Waals surface area (Å²) in [6.07, 6.45) is 4.15. The molecule has 0 saturated heterocycles. The summed E-state index contributed by atoms with van der Waals surface area (Å²) in [4.78, 5) is 30.4. The Labute approximate surface area is 203 Å². The molecule has 0 radical (unpaired) electrons. The molecule has 0 aliphatic carbocycles. The Morgan fingerprint density at radius 1 is 1.29 bits per heavy atom. The molecule has 10 heteroatoms. The Morgan fingerprint density at radius 3 is 2.82 bits per heavy atom. The van der Waals surface area contributed by atoms with E-state index in [0.717, 1.165) is 11.6 Å². The van der Waals surface area contributed by atoms with Gasteiger partial charge in [0.25, 0.3) is 11.5 Å². The average Bonchev–Trinajstić information content (AvgIpc) is 3.34. The molecule has 0 aliphatic rings. The molecule has 0 unspecified atom stereocenters. The highest BCUT2D eigenvalue weighted by Gasteiger charge is 2.19. The van der Waals surface area contributed by atoms with Crippen molar-refractivity contribution in [1.82, 2.24) is 14.7 Å². The first-order valence-corrected chi connectivity index (χ1v) is 10.7. The normalized spacial score (nSPS) is 11.3. The number of aromatic nitrogens is 2. The molecule has 3 heterocycles. The number of fused-ring (bicyclic) bond motifs is 1. The number of ether oxygens (including phenoxy) is 1. The van der Waals surface area contributed by atoms with Crippen LogP contribution in [0.1, 0.15) is 16.9 Å². The molecule has 1 amide bonds. The zero-order valence-corrected chi connectivity index (χ0v) is 19.2. The van der Waals surface area contributed by atoms with Crippen LogP contribution in [0.15, 0.2) is 69.7 Å². The van der Waals surface area contributed by atoms with Crippen LogP contribution in [0.5, 0.6) is 11.6 Å². The molecule has 1 aromatic carbocycles. The number of nitrogens with one attached hydrogen (secondary N) is 1. The number of nitrogens with zero attached hydrogens (tertiary/aromatic N) is 3. The van der Waals surface area contributed by atoms with E-state index in [4.69, 9.17) is 32.4 Å². The fourth-order valence-corrected chi connectivity index (χ4v) is 3.57. The van der Waals surface area contributed by atoms with Gasteiger partial charge < -0.3 is 14.5 Å². The maximum Gasteiger partial charge on any atom is 0.269 e. The smallest absolute Gasteiger partial charge is 0.269 e. The molecule has 1 N–H and O–H groups in total. The second kappa shape index (κ2) is 9.83. The maximum absolute atomic E-state index is 13.3. The maximum atomic E-state index is 13.3. The Bertz CT molecular complexity index is 1520. The largest absolute Gasteiger partial charge is 0.467 e. The van der Waals surface area contributed by atoms with E-state index in [1.54, 1.807) is 37.3 Å². The minimum atomic E-state index is -0.692. The van der Waals surface area contributed by atoms with Gasteiger partial charge in [-0.15, -0.1) is 0 Å². The van der Waals surface area contributed by atoms with E-state index in [1.165, 1.54) is 29.0 Å². The topological polar surface area (TPSA) is 110 Å². The molecular formula is C24H16Cl2N4O4. The van der Waals surface area contributed by atoms with Crippen molar-refractivity contribution in [3.8, 4) is 17.7 Å². The fourth-order valence-electron chi connectivity index (χ4n) is 3.12. The van der Waals surface area contributed by atoms with E-state index in [9.17, 15) is 14.9 Å². The van der Waals surface area contributed by atoms with Gasteiger partial charge in [-0.25, -0.2) is 0 Å². The van der Waals surface area contributed by atoms with Gasteiger partial charge in [0.1, 0.15) is 34.4 Å². The summed E-state index contributed by atoms with van der Waals surface area (Å²) in [6, 6.07) is 13.2.